The number of carbonyl (C=O) groups excluding carboxylic acids is 1. The third-order valence-electron chi connectivity index (χ3n) is 4.62. The fourth-order valence-electron chi connectivity index (χ4n) is 3.10. The lowest BCUT2D eigenvalue weighted by Gasteiger charge is -2.27. The Morgan fingerprint density at radius 2 is 1.83 bits per heavy atom. The van der Waals surface area contributed by atoms with Crippen LogP contribution in [0.1, 0.15) is 50.5 Å². The highest BCUT2D eigenvalue weighted by Gasteiger charge is 2.26. The highest BCUT2D eigenvalue weighted by molar-refractivity contribution is 5.77. The van der Waals surface area contributed by atoms with E-state index in [1.165, 1.54) is 0 Å². The second kappa shape index (κ2) is 7.99. The minimum Gasteiger partial charge on any atom is -0.497 e. The lowest BCUT2D eigenvalue weighted by molar-refractivity contribution is -0.142. The summed E-state index contributed by atoms with van der Waals surface area (Å²) in [5.41, 5.74) is 1.11. The first-order chi connectivity index (χ1) is 11.0. The van der Waals surface area contributed by atoms with E-state index in [9.17, 15) is 9.59 Å². The van der Waals surface area contributed by atoms with E-state index in [2.05, 4.69) is 5.32 Å². The third kappa shape index (κ3) is 4.98. The van der Waals surface area contributed by atoms with Crippen LogP contribution in [-0.2, 0) is 9.59 Å². The van der Waals surface area contributed by atoms with Crippen LogP contribution in [0.5, 0.6) is 5.75 Å². The second-order valence-electron chi connectivity index (χ2n) is 6.33. The van der Waals surface area contributed by atoms with Gasteiger partial charge in [0.2, 0.25) is 5.91 Å². The van der Waals surface area contributed by atoms with Gasteiger partial charge >= 0.3 is 5.97 Å². The average Bonchev–Trinajstić information content (AvgIpc) is 2.55. The van der Waals surface area contributed by atoms with Crippen molar-refractivity contribution in [1.82, 2.24) is 5.32 Å². The van der Waals surface area contributed by atoms with Gasteiger partial charge in [0.05, 0.1) is 13.0 Å². The van der Waals surface area contributed by atoms with Gasteiger partial charge in [0.1, 0.15) is 5.75 Å². The summed E-state index contributed by atoms with van der Waals surface area (Å²) in [5, 5.41) is 12.0. The topological polar surface area (TPSA) is 75.6 Å². The van der Waals surface area contributed by atoms with Crippen molar-refractivity contribution < 1.29 is 19.4 Å². The van der Waals surface area contributed by atoms with Gasteiger partial charge in [-0.1, -0.05) is 19.1 Å². The molecule has 5 nitrogen and oxygen atoms in total. The summed E-state index contributed by atoms with van der Waals surface area (Å²) in [7, 11) is 1.63. The number of hydrogen-bond donors (Lipinski definition) is 2. The molecule has 0 aliphatic heterocycles. The van der Waals surface area contributed by atoms with E-state index in [1.54, 1.807) is 7.11 Å². The summed E-state index contributed by atoms with van der Waals surface area (Å²) in [6, 6.07) is 7.87. The molecule has 2 N–H and O–H groups in total. The van der Waals surface area contributed by atoms with Gasteiger partial charge < -0.3 is 15.2 Å². The summed E-state index contributed by atoms with van der Waals surface area (Å²) in [5.74, 6) is 0.00762. The maximum absolute atomic E-state index is 12.2. The van der Waals surface area contributed by atoms with E-state index in [0.717, 1.165) is 24.2 Å². The number of rotatable bonds is 6. The number of nitrogens with one attached hydrogen (secondary N) is 1. The van der Waals surface area contributed by atoms with Gasteiger partial charge in [-0.15, -0.1) is 0 Å². The molecule has 1 atom stereocenters. The Bertz CT molecular complexity index is 532. The van der Waals surface area contributed by atoms with Crippen LogP contribution in [0, 0.1) is 5.92 Å². The van der Waals surface area contributed by atoms with Crippen LogP contribution in [0.15, 0.2) is 24.3 Å². The standard InChI is InChI=1S/C18H25NO4/c1-12(13-5-9-16(23-2)10-6-13)11-17(20)19-15-7-3-14(4-8-15)18(21)22/h5-6,9-10,12,14-15H,3-4,7-8,11H2,1-2H3,(H,19,20)(H,21,22). The molecule has 0 spiro atoms. The Kier molecular flexibility index (Phi) is 6.02. The molecular weight excluding hydrogens is 294 g/mol. The Morgan fingerprint density at radius 1 is 1.22 bits per heavy atom. The molecule has 0 saturated heterocycles. The molecule has 1 saturated carbocycles. The van der Waals surface area contributed by atoms with Crippen LogP contribution in [-0.4, -0.2) is 30.1 Å². The van der Waals surface area contributed by atoms with Crippen LogP contribution in [0.4, 0.5) is 0 Å². The molecule has 0 bridgehead atoms. The molecule has 1 aromatic carbocycles. The van der Waals surface area contributed by atoms with Crippen molar-refractivity contribution >= 4 is 11.9 Å². The number of aliphatic carboxylic acids is 1. The van der Waals surface area contributed by atoms with Crippen molar-refractivity contribution in [2.24, 2.45) is 5.92 Å². The van der Waals surface area contributed by atoms with Gasteiger partial charge in [-0.05, 0) is 49.3 Å². The van der Waals surface area contributed by atoms with Crippen LogP contribution >= 0.6 is 0 Å². The van der Waals surface area contributed by atoms with Gasteiger partial charge in [0.25, 0.3) is 0 Å². The number of amides is 1. The number of methoxy groups -OCH3 is 1. The van der Waals surface area contributed by atoms with E-state index in [0.29, 0.717) is 19.3 Å². The van der Waals surface area contributed by atoms with Crippen LogP contribution < -0.4 is 10.1 Å². The van der Waals surface area contributed by atoms with Crippen molar-refractivity contribution in [2.75, 3.05) is 7.11 Å². The molecule has 0 radical (unpaired) electrons. The molecule has 0 heterocycles. The number of carboxylic acids is 1. The summed E-state index contributed by atoms with van der Waals surface area (Å²) < 4.78 is 5.13. The highest BCUT2D eigenvalue weighted by Crippen LogP contribution is 2.25. The number of carbonyl (C=O) groups is 2. The molecule has 1 unspecified atom stereocenters. The van der Waals surface area contributed by atoms with Gasteiger partial charge in [-0.3, -0.25) is 9.59 Å². The first-order valence-electron chi connectivity index (χ1n) is 8.15. The monoisotopic (exact) mass is 319 g/mol. The van der Waals surface area contributed by atoms with Gasteiger partial charge in [-0.25, -0.2) is 0 Å². The quantitative estimate of drug-likeness (QED) is 0.845. The molecule has 126 valence electrons. The summed E-state index contributed by atoms with van der Waals surface area (Å²) >= 11 is 0. The molecule has 2 rings (SSSR count). The number of benzene rings is 1. The number of carboxylic acid groups (broad SMARTS) is 1. The molecule has 0 aromatic heterocycles. The Hall–Kier alpha value is -2.04. The fourth-order valence-corrected chi connectivity index (χ4v) is 3.10. The maximum atomic E-state index is 12.2. The van der Waals surface area contributed by atoms with Crippen molar-refractivity contribution in [1.29, 1.82) is 0 Å². The zero-order chi connectivity index (χ0) is 16.8. The van der Waals surface area contributed by atoms with Crippen LogP contribution in [0.3, 0.4) is 0 Å². The fraction of sp³-hybridized carbons (Fsp3) is 0.556. The van der Waals surface area contributed by atoms with E-state index in [1.807, 2.05) is 31.2 Å². The maximum Gasteiger partial charge on any atom is 0.306 e. The smallest absolute Gasteiger partial charge is 0.306 e. The molecular formula is C18H25NO4. The largest absolute Gasteiger partial charge is 0.497 e. The van der Waals surface area contributed by atoms with Gasteiger partial charge in [-0.2, -0.15) is 0 Å². The van der Waals surface area contributed by atoms with Crippen LogP contribution in [0.2, 0.25) is 0 Å². The first-order valence-corrected chi connectivity index (χ1v) is 8.15. The molecule has 1 aliphatic rings. The summed E-state index contributed by atoms with van der Waals surface area (Å²) in [4.78, 5) is 23.1. The molecule has 23 heavy (non-hydrogen) atoms. The zero-order valence-electron chi connectivity index (χ0n) is 13.7. The number of hydrogen-bond acceptors (Lipinski definition) is 3. The van der Waals surface area contributed by atoms with Gasteiger partial charge in [0.15, 0.2) is 0 Å². The van der Waals surface area contributed by atoms with Crippen molar-refractivity contribution in [3.8, 4) is 5.75 Å². The molecule has 5 heteroatoms. The predicted molar refractivity (Wildman–Crippen MR) is 87.6 cm³/mol. The minimum absolute atomic E-state index is 0.0343. The first kappa shape index (κ1) is 17.3. The van der Waals surface area contributed by atoms with Crippen LogP contribution in [0.25, 0.3) is 0 Å². The lowest BCUT2D eigenvalue weighted by Crippen LogP contribution is -2.39. The minimum atomic E-state index is -0.720. The predicted octanol–water partition coefficient (Wildman–Crippen LogP) is 2.95. The van der Waals surface area contributed by atoms with Crippen molar-refractivity contribution in [3.05, 3.63) is 29.8 Å². The Morgan fingerprint density at radius 3 is 2.35 bits per heavy atom. The van der Waals surface area contributed by atoms with Crippen molar-refractivity contribution in [2.45, 2.75) is 51.0 Å². The molecule has 1 amide bonds. The zero-order valence-corrected chi connectivity index (χ0v) is 13.7. The number of ether oxygens (including phenoxy) is 1. The Labute approximate surface area is 137 Å². The van der Waals surface area contributed by atoms with E-state index >= 15 is 0 Å². The lowest BCUT2D eigenvalue weighted by atomic mass is 9.86. The van der Waals surface area contributed by atoms with E-state index in [4.69, 9.17) is 9.84 Å². The summed E-state index contributed by atoms with van der Waals surface area (Å²) in [6.07, 6.45) is 3.23. The third-order valence-corrected chi connectivity index (χ3v) is 4.62. The van der Waals surface area contributed by atoms with E-state index < -0.39 is 5.97 Å². The van der Waals surface area contributed by atoms with E-state index in [-0.39, 0.29) is 23.8 Å². The van der Waals surface area contributed by atoms with Crippen molar-refractivity contribution in [3.63, 3.8) is 0 Å². The summed E-state index contributed by atoms with van der Waals surface area (Å²) in [6.45, 7) is 2.03. The molecule has 1 aromatic rings. The highest BCUT2D eigenvalue weighted by atomic mass is 16.5. The Balaban J connectivity index is 1.79. The average molecular weight is 319 g/mol. The normalized spacial score (nSPS) is 22.2. The molecule has 1 aliphatic carbocycles. The van der Waals surface area contributed by atoms with Gasteiger partial charge in [0, 0.05) is 12.5 Å². The molecule has 1 fully saturated rings. The SMILES string of the molecule is COc1ccc(C(C)CC(=O)NC2CCC(C(=O)O)CC2)cc1. The second-order valence-corrected chi connectivity index (χ2v) is 6.33.